The van der Waals surface area contributed by atoms with Crippen molar-refractivity contribution >= 4 is 5.91 Å². The summed E-state index contributed by atoms with van der Waals surface area (Å²) >= 11 is 0. The molecule has 1 aromatic rings. The van der Waals surface area contributed by atoms with Crippen LogP contribution in [0.3, 0.4) is 0 Å². The number of morpholine rings is 1. The van der Waals surface area contributed by atoms with Gasteiger partial charge in [-0.1, -0.05) is 29.8 Å². The molecule has 3 rings (SSSR count). The maximum Gasteiger partial charge on any atom is 0.230 e. The van der Waals surface area contributed by atoms with Gasteiger partial charge in [0.1, 0.15) is 0 Å². The van der Waals surface area contributed by atoms with E-state index >= 15 is 0 Å². The lowest BCUT2D eigenvalue weighted by Crippen LogP contribution is -2.50. The van der Waals surface area contributed by atoms with Crippen LogP contribution in [0.2, 0.25) is 0 Å². The van der Waals surface area contributed by atoms with E-state index < -0.39 is 5.41 Å². The Morgan fingerprint density at radius 1 is 1.08 bits per heavy atom. The highest BCUT2D eigenvalue weighted by Crippen LogP contribution is 2.35. The van der Waals surface area contributed by atoms with Gasteiger partial charge in [-0.2, -0.15) is 0 Å². The summed E-state index contributed by atoms with van der Waals surface area (Å²) in [6, 6.07) is 8.38. The van der Waals surface area contributed by atoms with Crippen LogP contribution < -0.4 is 5.32 Å². The molecule has 1 amide bonds. The number of hydrogen-bond acceptors (Lipinski definition) is 4. The number of hydrogen-bond donors (Lipinski definition) is 1. The number of nitrogens with zero attached hydrogens (tertiary/aromatic N) is 1. The lowest BCUT2D eigenvalue weighted by atomic mass is 9.73. The van der Waals surface area contributed by atoms with E-state index in [4.69, 9.17) is 9.47 Å². The van der Waals surface area contributed by atoms with E-state index in [9.17, 15) is 4.79 Å². The quantitative estimate of drug-likeness (QED) is 0.888. The molecule has 24 heavy (non-hydrogen) atoms. The molecule has 1 aromatic carbocycles. The van der Waals surface area contributed by atoms with Crippen LogP contribution in [-0.4, -0.2) is 63.4 Å². The van der Waals surface area contributed by atoms with E-state index in [1.807, 2.05) is 0 Å². The Labute approximate surface area is 144 Å². The van der Waals surface area contributed by atoms with E-state index in [1.54, 1.807) is 0 Å². The second-order valence-corrected chi connectivity index (χ2v) is 6.77. The topological polar surface area (TPSA) is 50.8 Å². The fourth-order valence-electron chi connectivity index (χ4n) is 3.56. The first kappa shape index (κ1) is 17.4. The predicted octanol–water partition coefficient (Wildman–Crippen LogP) is 1.49. The summed E-state index contributed by atoms with van der Waals surface area (Å²) in [5, 5.41) is 3.18. The van der Waals surface area contributed by atoms with Crippen LogP contribution in [0.1, 0.15) is 24.0 Å². The molecule has 0 atom stereocenters. The van der Waals surface area contributed by atoms with Crippen molar-refractivity contribution in [3.63, 3.8) is 0 Å². The zero-order valence-electron chi connectivity index (χ0n) is 14.6. The third kappa shape index (κ3) is 3.97. The molecule has 0 bridgehead atoms. The van der Waals surface area contributed by atoms with Gasteiger partial charge in [-0.05, 0) is 25.3 Å². The molecule has 2 heterocycles. The van der Waals surface area contributed by atoms with Gasteiger partial charge in [-0.25, -0.2) is 0 Å². The molecule has 5 heteroatoms. The minimum absolute atomic E-state index is 0.142. The second-order valence-electron chi connectivity index (χ2n) is 6.77. The maximum atomic E-state index is 13.0. The summed E-state index contributed by atoms with van der Waals surface area (Å²) in [5.74, 6) is 0.142. The molecule has 2 aliphatic rings. The van der Waals surface area contributed by atoms with Crippen molar-refractivity contribution < 1.29 is 14.3 Å². The summed E-state index contributed by atoms with van der Waals surface area (Å²) in [6.07, 6.45) is 1.50. The lowest BCUT2D eigenvalue weighted by Gasteiger charge is -2.36. The maximum absolute atomic E-state index is 13.0. The van der Waals surface area contributed by atoms with Gasteiger partial charge < -0.3 is 14.8 Å². The fourth-order valence-corrected chi connectivity index (χ4v) is 3.56. The van der Waals surface area contributed by atoms with Crippen LogP contribution >= 0.6 is 0 Å². The molecule has 0 aliphatic carbocycles. The summed E-state index contributed by atoms with van der Waals surface area (Å²) in [7, 11) is 0. The van der Waals surface area contributed by atoms with Gasteiger partial charge in [-0.15, -0.1) is 0 Å². The monoisotopic (exact) mass is 332 g/mol. The molecular formula is C19H28N2O3. The fraction of sp³-hybridized carbons (Fsp3) is 0.632. The molecule has 0 radical (unpaired) electrons. The molecule has 2 saturated heterocycles. The average Bonchev–Trinajstić information content (AvgIpc) is 2.63. The molecule has 1 N–H and O–H groups in total. The van der Waals surface area contributed by atoms with Crippen molar-refractivity contribution in [3.8, 4) is 0 Å². The number of amides is 1. The Morgan fingerprint density at radius 3 is 2.38 bits per heavy atom. The molecule has 0 unspecified atom stereocenters. The Kier molecular flexibility index (Phi) is 5.87. The minimum Gasteiger partial charge on any atom is -0.381 e. The van der Waals surface area contributed by atoms with Gasteiger partial charge in [0.15, 0.2) is 0 Å². The zero-order chi connectivity index (χ0) is 16.8. The van der Waals surface area contributed by atoms with Crippen LogP contribution in [0.15, 0.2) is 24.3 Å². The molecule has 0 spiro atoms. The Bertz CT molecular complexity index is 532. The zero-order valence-corrected chi connectivity index (χ0v) is 14.6. The van der Waals surface area contributed by atoms with Crippen LogP contribution in [0.5, 0.6) is 0 Å². The van der Waals surface area contributed by atoms with Crippen LogP contribution in [0.4, 0.5) is 0 Å². The highest BCUT2D eigenvalue weighted by atomic mass is 16.5. The van der Waals surface area contributed by atoms with Crippen molar-refractivity contribution in [3.05, 3.63) is 35.4 Å². The number of ether oxygens (including phenoxy) is 2. The van der Waals surface area contributed by atoms with Gasteiger partial charge in [-0.3, -0.25) is 9.69 Å². The van der Waals surface area contributed by atoms with Gasteiger partial charge >= 0.3 is 0 Å². The Balaban J connectivity index is 1.64. The van der Waals surface area contributed by atoms with Crippen molar-refractivity contribution in [2.75, 3.05) is 52.6 Å². The van der Waals surface area contributed by atoms with E-state index in [-0.39, 0.29) is 5.91 Å². The van der Waals surface area contributed by atoms with Crippen molar-refractivity contribution in [1.82, 2.24) is 10.2 Å². The number of carbonyl (C=O) groups is 1. The number of carbonyl (C=O) groups excluding carboxylic acids is 1. The van der Waals surface area contributed by atoms with Gasteiger partial charge in [0.2, 0.25) is 5.91 Å². The molecule has 2 aliphatic heterocycles. The minimum atomic E-state index is -0.447. The third-order valence-corrected chi connectivity index (χ3v) is 5.20. The van der Waals surface area contributed by atoms with Gasteiger partial charge in [0.05, 0.1) is 18.6 Å². The first-order chi connectivity index (χ1) is 11.7. The van der Waals surface area contributed by atoms with Gasteiger partial charge in [0, 0.05) is 39.4 Å². The summed E-state index contributed by atoms with van der Waals surface area (Å²) < 4.78 is 10.9. The van der Waals surface area contributed by atoms with Gasteiger partial charge in [0.25, 0.3) is 0 Å². The SMILES string of the molecule is Cc1ccc(C2(C(=O)NCCN3CCOCC3)CCOCC2)cc1. The third-order valence-electron chi connectivity index (χ3n) is 5.20. The van der Waals surface area contributed by atoms with E-state index in [1.165, 1.54) is 5.56 Å². The largest absolute Gasteiger partial charge is 0.381 e. The van der Waals surface area contributed by atoms with Crippen molar-refractivity contribution in [2.45, 2.75) is 25.2 Å². The van der Waals surface area contributed by atoms with E-state index in [0.717, 1.165) is 51.3 Å². The normalized spacial score (nSPS) is 21.4. The van der Waals surface area contributed by atoms with Crippen LogP contribution in [0, 0.1) is 6.92 Å². The number of aryl methyl sites for hydroxylation is 1. The number of benzene rings is 1. The molecule has 5 nitrogen and oxygen atoms in total. The molecule has 2 fully saturated rings. The first-order valence-electron chi connectivity index (χ1n) is 8.94. The highest BCUT2D eigenvalue weighted by Gasteiger charge is 2.41. The summed E-state index contributed by atoms with van der Waals surface area (Å²) in [5.41, 5.74) is 1.88. The number of nitrogens with one attached hydrogen (secondary N) is 1. The Morgan fingerprint density at radius 2 is 1.71 bits per heavy atom. The average molecular weight is 332 g/mol. The van der Waals surface area contributed by atoms with E-state index in [0.29, 0.717) is 19.8 Å². The predicted molar refractivity (Wildman–Crippen MR) is 93.2 cm³/mol. The lowest BCUT2D eigenvalue weighted by molar-refractivity contribution is -0.130. The summed E-state index contributed by atoms with van der Waals surface area (Å²) in [6.45, 7) is 8.41. The Hall–Kier alpha value is -1.43. The second kappa shape index (κ2) is 8.10. The van der Waals surface area contributed by atoms with E-state index in [2.05, 4.69) is 41.4 Å². The highest BCUT2D eigenvalue weighted by molar-refractivity contribution is 5.88. The van der Waals surface area contributed by atoms with Crippen LogP contribution in [-0.2, 0) is 19.7 Å². The molecule has 132 valence electrons. The smallest absolute Gasteiger partial charge is 0.230 e. The van der Waals surface area contributed by atoms with Crippen LogP contribution in [0.25, 0.3) is 0 Å². The summed E-state index contributed by atoms with van der Waals surface area (Å²) in [4.78, 5) is 15.4. The number of rotatable bonds is 5. The standard InChI is InChI=1S/C19H28N2O3/c1-16-2-4-17(5-3-16)19(6-12-23-13-7-19)18(22)20-8-9-21-10-14-24-15-11-21/h2-5H,6-15H2,1H3,(H,20,22). The molecular weight excluding hydrogens is 304 g/mol. The van der Waals surface area contributed by atoms with Crippen molar-refractivity contribution in [2.24, 2.45) is 0 Å². The first-order valence-corrected chi connectivity index (χ1v) is 8.94. The molecule has 0 aromatic heterocycles. The molecule has 0 saturated carbocycles. The van der Waals surface area contributed by atoms with Crippen molar-refractivity contribution in [1.29, 1.82) is 0 Å².